The first kappa shape index (κ1) is 31.7. The van der Waals surface area contributed by atoms with Crippen LogP contribution in [-0.4, -0.2) is 47.3 Å². The largest absolute Gasteiger partial charge is 0.447 e. The minimum Gasteiger partial charge on any atom is -0.447 e. The number of ether oxygens (including phenoxy) is 2. The molecule has 0 bridgehead atoms. The third-order valence-corrected chi connectivity index (χ3v) is 8.32. The Morgan fingerprint density at radius 1 is 0.766 bits per heavy atom. The van der Waals surface area contributed by atoms with Gasteiger partial charge in [-0.05, 0) is 39.8 Å². The van der Waals surface area contributed by atoms with Crippen LogP contribution < -0.4 is 4.74 Å². The summed E-state index contributed by atoms with van der Waals surface area (Å²) in [7, 11) is 3.24. The minimum absolute atomic E-state index is 0.0560. The molecule has 7 nitrogen and oxygen atoms in total. The van der Waals surface area contributed by atoms with E-state index in [1.165, 1.54) is 5.01 Å². The average Bonchev–Trinajstić information content (AvgIpc) is 3.60. The first-order valence-electron chi connectivity index (χ1n) is 14.7. The van der Waals surface area contributed by atoms with Crippen LogP contribution >= 0.6 is 0 Å². The first-order chi connectivity index (χ1) is 22.6. The summed E-state index contributed by atoms with van der Waals surface area (Å²) in [5.41, 5.74) is 5.76. The van der Waals surface area contributed by atoms with E-state index in [2.05, 4.69) is 4.74 Å². The number of benzene rings is 4. The molecule has 0 N–H and O–H groups in total. The highest BCUT2D eigenvalue weighted by atomic mass is 19.2. The van der Waals surface area contributed by atoms with Crippen LogP contribution in [-0.2, 0) is 22.6 Å². The number of hydrazine groups is 1. The second kappa shape index (κ2) is 12.9. The number of para-hydroxylation sites is 1. The number of aryl methyl sites for hydroxylation is 1. The molecule has 0 spiro atoms. The molecule has 0 unspecified atom stereocenters. The quantitative estimate of drug-likeness (QED) is 0.0412. The van der Waals surface area contributed by atoms with Gasteiger partial charge in [0, 0.05) is 37.8 Å². The highest BCUT2D eigenvalue weighted by Crippen LogP contribution is 2.44. The molecule has 0 atom stereocenters. The van der Waals surface area contributed by atoms with Crippen LogP contribution in [0.5, 0.6) is 5.75 Å². The van der Waals surface area contributed by atoms with E-state index in [0.717, 1.165) is 27.6 Å². The summed E-state index contributed by atoms with van der Waals surface area (Å²) in [5, 5.41) is 3.76. The van der Waals surface area contributed by atoms with Gasteiger partial charge in [0.2, 0.25) is 34.8 Å². The van der Waals surface area contributed by atoms with Crippen LogP contribution in [0.1, 0.15) is 29.2 Å². The summed E-state index contributed by atoms with van der Waals surface area (Å²) in [4.78, 5) is 25.7. The van der Waals surface area contributed by atoms with Crippen molar-refractivity contribution in [3.63, 3.8) is 0 Å². The lowest BCUT2D eigenvalue weighted by atomic mass is 9.98. The lowest BCUT2D eigenvalue weighted by molar-refractivity contribution is -0.135. The van der Waals surface area contributed by atoms with E-state index in [-0.39, 0.29) is 25.6 Å². The van der Waals surface area contributed by atoms with Crippen LogP contribution in [0.15, 0.2) is 78.9 Å². The van der Waals surface area contributed by atoms with Crippen LogP contribution in [0.25, 0.3) is 22.0 Å². The summed E-state index contributed by atoms with van der Waals surface area (Å²) in [6, 6.07) is 25.1. The normalized spacial score (nSPS) is 12.3. The number of hydrogen-bond acceptors (Lipinski definition) is 5. The maximum Gasteiger partial charge on any atom is 0.424 e. The number of esters is 1. The van der Waals surface area contributed by atoms with E-state index in [1.54, 1.807) is 35.8 Å². The fourth-order valence-corrected chi connectivity index (χ4v) is 5.87. The molecule has 0 saturated carbocycles. The zero-order chi connectivity index (χ0) is 33.4. The lowest BCUT2D eigenvalue weighted by Crippen LogP contribution is -2.41. The van der Waals surface area contributed by atoms with Crippen LogP contribution in [0.2, 0.25) is 0 Å². The van der Waals surface area contributed by atoms with Crippen molar-refractivity contribution in [1.82, 2.24) is 14.6 Å². The number of rotatable bonds is 9. The summed E-state index contributed by atoms with van der Waals surface area (Å²) >= 11 is 0. The van der Waals surface area contributed by atoms with Gasteiger partial charge in [0.1, 0.15) is 6.61 Å². The molecular weight excluding hydrogens is 621 g/mol. The predicted octanol–water partition coefficient (Wildman–Crippen LogP) is 7.56. The molecular formula is C35H28F5N3O4. The molecule has 12 heteroatoms. The molecule has 0 aliphatic heterocycles. The number of carbonyl (C=O) groups excluding carboxylic acids is 2. The Hall–Kier alpha value is -5.23. The van der Waals surface area contributed by atoms with Crippen molar-refractivity contribution in [2.75, 3.05) is 20.7 Å². The molecule has 0 saturated heterocycles. The molecule has 1 aliphatic carbocycles. The second-order valence-corrected chi connectivity index (χ2v) is 11.1. The van der Waals surface area contributed by atoms with Crippen molar-refractivity contribution in [2.24, 2.45) is 0 Å². The van der Waals surface area contributed by atoms with Gasteiger partial charge in [-0.3, -0.25) is 4.79 Å². The van der Waals surface area contributed by atoms with Crippen molar-refractivity contribution < 1.29 is 41.0 Å². The number of hydrogen-bond donors (Lipinski definition) is 0. The fraction of sp³-hybridized carbons (Fsp3) is 0.200. The van der Waals surface area contributed by atoms with E-state index < -0.39 is 53.3 Å². The van der Waals surface area contributed by atoms with E-state index in [4.69, 9.17) is 4.74 Å². The van der Waals surface area contributed by atoms with Crippen molar-refractivity contribution in [1.29, 1.82) is 0 Å². The van der Waals surface area contributed by atoms with Crippen LogP contribution in [0, 0.1) is 29.1 Å². The Kier molecular flexibility index (Phi) is 8.69. The number of nitrogens with zero attached hydrogens (tertiary/aromatic N) is 3. The van der Waals surface area contributed by atoms with E-state index in [1.807, 2.05) is 66.7 Å². The van der Waals surface area contributed by atoms with Crippen molar-refractivity contribution in [3.8, 4) is 16.9 Å². The third kappa shape index (κ3) is 5.92. The topological polar surface area (TPSA) is 64.0 Å². The van der Waals surface area contributed by atoms with Crippen LogP contribution in [0.3, 0.4) is 0 Å². The maximum absolute atomic E-state index is 14.1. The number of fused-ring (bicyclic) bond motifs is 4. The highest BCUT2D eigenvalue weighted by molar-refractivity contribution is 5.82. The summed E-state index contributed by atoms with van der Waals surface area (Å²) in [6.45, 7) is 0.262. The molecule has 4 aromatic carbocycles. The molecule has 1 heterocycles. The van der Waals surface area contributed by atoms with Gasteiger partial charge in [-0.15, -0.1) is 0 Å². The smallest absolute Gasteiger partial charge is 0.424 e. The Balaban J connectivity index is 1.13. The summed E-state index contributed by atoms with van der Waals surface area (Å²) < 4.78 is 80.8. The number of amides is 1. The van der Waals surface area contributed by atoms with Gasteiger partial charge in [-0.1, -0.05) is 66.7 Å². The van der Waals surface area contributed by atoms with Gasteiger partial charge >= 0.3 is 12.1 Å². The third-order valence-electron chi connectivity index (χ3n) is 8.32. The number of aromatic nitrogens is 1. The number of halogens is 5. The van der Waals surface area contributed by atoms with Gasteiger partial charge in [0.25, 0.3) is 0 Å². The van der Waals surface area contributed by atoms with E-state index in [0.29, 0.717) is 11.2 Å². The monoisotopic (exact) mass is 649 g/mol. The van der Waals surface area contributed by atoms with Gasteiger partial charge < -0.3 is 14.0 Å². The Morgan fingerprint density at radius 2 is 1.32 bits per heavy atom. The molecule has 0 fully saturated rings. The number of carbonyl (C=O) groups is 2. The molecule has 1 aromatic heterocycles. The molecule has 0 radical (unpaired) electrons. The predicted molar refractivity (Wildman–Crippen MR) is 163 cm³/mol. The molecule has 47 heavy (non-hydrogen) atoms. The molecule has 1 aliphatic rings. The maximum atomic E-state index is 14.1. The van der Waals surface area contributed by atoms with E-state index >= 15 is 0 Å². The van der Waals surface area contributed by atoms with Gasteiger partial charge in [-0.25, -0.2) is 28.0 Å². The van der Waals surface area contributed by atoms with Gasteiger partial charge in [-0.2, -0.15) is 8.78 Å². The van der Waals surface area contributed by atoms with E-state index in [9.17, 15) is 31.5 Å². The van der Waals surface area contributed by atoms with Crippen molar-refractivity contribution >= 4 is 23.0 Å². The molecule has 242 valence electrons. The summed E-state index contributed by atoms with van der Waals surface area (Å²) in [6.07, 6.45) is -1.04. The first-order valence-corrected chi connectivity index (χ1v) is 14.7. The van der Waals surface area contributed by atoms with Gasteiger partial charge in [0.15, 0.2) is 0 Å². The minimum atomic E-state index is -2.35. The fourth-order valence-electron chi connectivity index (χ4n) is 5.87. The molecule has 1 amide bonds. The SMILES string of the molecule is CN(Cc1cc2ccccc2n1CCC(=O)Oc1c(F)c(F)c(F)c(F)c1F)N(C)C(=O)OCC1c2ccccc2-c2ccccc21. The Labute approximate surface area is 266 Å². The molecule has 5 aromatic rings. The van der Waals surface area contributed by atoms with Gasteiger partial charge in [0.05, 0.1) is 13.0 Å². The Morgan fingerprint density at radius 3 is 1.96 bits per heavy atom. The zero-order valence-electron chi connectivity index (χ0n) is 25.3. The van der Waals surface area contributed by atoms with Crippen molar-refractivity contribution in [2.45, 2.75) is 25.4 Å². The Bertz CT molecular complexity index is 1940. The average molecular weight is 650 g/mol. The summed E-state index contributed by atoms with van der Waals surface area (Å²) in [5.74, 6) is -14.2. The second-order valence-electron chi connectivity index (χ2n) is 11.1. The molecule has 6 rings (SSSR count). The zero-order valence-corrected chi connectivity index (χ0v) is 25.3. The lowest BCUT2D eigenvalue weighted by Gasteiger charge is -2.28. The van der Waals surface area contributed by atoms with Crippen LogP contribution in [0.4, 0.5) is 26.7 Å². The highest BCUT2D eigenvalue weighted by Gasteiger charge is 2.31. The standard InChI is InChI=1S/C35H28F5N3O4/c1-41(42(2)35(45)46-19-26-24-12-6-4-10-22(24)23-11-5-7-13-25(23)26)18-21-17-20-9-3-8-14-27(20)43(21)16-15-28(44)47-34-32(39)30(37)29(36)31(38)33(34)40/h3-14,17,26H,15-16,18-19H2,1-2H3. The van der Waals surface area contributed by atoms with Crippen molar-refractivity contribution in [3.05, 3.63) is 125 Å².